The van der Waals surface area contributed by atoms with Crippen LogP contribution in [0.4, 0.5) is 8.78 Å². The maximum atomic E-state index is 13.2. The van der Waals surface area contributed by atoms with Crippen LogP contribution in [0.3, 0.4) is 0 Å². The lowest BCUT2D eigenvalue weighted by atomic mass is 10.1. The molecule has 0 aliphatic heterocycles. The third kappa shape index (κ3) is 6.64. The topological polar surface area (TPSA) is 32.6 Å². The van der Waals surface area contributed by atoms with Gasteiger partial charge in [-0.3, -0.25) is 4.99 Å². The summed E-state index contributed by atoms with van der Waals surface area (Å²) in [5.74, 6) is -0.334. The highest BCUT2D eigenvalue weighted by Gasteiger charge is 2.08. The van der Waals surface area contributed by atoms with Gasteiger partial charge in [-0.25, -0.2) is 8.78 Å². The maximum absolute atomic E-state index is 13.2. The lowest BCUT2D eigenvalue weighted by molar-refractivity contribution is 0.462. The highest BCUT2D eigenvalue weighted by atomic mass is 127. The summed E-state index contributed by atoms with van der Waals surface area (Å²) >= 11 is 0. The SMILES string of the molecule is CCNC(=NCCc1cc(F)cc(F)c1)N(C)Cc1cccn1C.I. The normalized spacial score (nSPS) is 11.2. The van der Waals surface area contributed by atoms with E-state index >= 15 is 0 Å². The fourth-order valence-electron chi connectivity index (χ4n) is 2.49. The molecule has 1 aromatic heterocycles. The van der Waals surface area contributed by atoms with Crippen molar-refractivity contribution in [2.45, 2.75) is 19.9 Å². The Kier molecular flexibility index (Phi) is 8.88. The average molecular weight is 462 g/mol. The number of aliphatic imine (C=N–C) groups is 1. The highest BCUT2D eigenvalue weighted by Crippen LogP contribution is 2.09. The number of rotatable bonds is 6. The number of nitrogens with zero attached hydrogens (tertiary/aromatic N) is 3. The fraction of sp³-hybridized carbons (Fsp3) is 0.389. The van der Waals surface area contributed by atoms with E-state index in [0.717, 1.165) is 25.1 Å². The zero-order valence-electron chi connectivity index (χ0n) is 14.8. The van der Waals surface area contributed by atoms with Gasteiger partial charge in [0.05, 0.1) is 6.54 Å². The van der Waals surface area contributed by atoms with Crippen LogP contribution < -0.4 is 5.32 Å². The Balaban J connectivity index is 0.00000312. The second-order valence-electron chi connectivity index (χ2n) is 5.73. The number of hydrogen-bond acceptors (Lipinski definition) is 1. The number of aromatic nitrogens is 1. The molecule has 1 aromatic carbocycles. The predicted molar refractivity (Wildman–Crippen MR) is 108 cm³/mol. The van der Waals surface area contributed by atoms with Gasteiger partial charge in [-0.05, 0) is 43.2 Å². The summed E-state index contributed by atoms with van der Waals surface area (Å²) in [7, 11) is 3.97. The molecule has 4 nitrogen and oxygen atoms in total. The van der Waals surface area contributed by atoms with Crippen LogP contribution in [0.15, 0.2) is 41.5 Å². The van der Waals surface area contributed by atoms with Gasteiger partial charge in [-0.2, -0.15) is 0 Å². The quantitative estimate of drug-likeness (QED) is 0.405. The molecule has 0 aliphatic rings. The van der Waals surface area contributed by atoms with Crippen molar-refractivity contribution < 1.29 is 8.78 Å². The Morgan fingerprint density at radius 1 is 1.24 bits per heavy atom. The number of halogens is 3. The Labute approximate surface area is 165 Å². The summed E-state index contributed by atoms with van der Waals surface area (Å²) in [5, 5.41) is 3.24. The third-order valence-electron chi connectivity index (χ3n) is 3.73. The van der Waals surface area contributed by atoms with Crippen molar-refractivity contribution in [1.29, 1.82) is 0 Å². The lowest BCUT2D eigenvalue weighted by Gasteiger charge is -2.22. The van der Waals surface area contributed by atoms with E-state index in [1.807, 2.05) is 38.2 Å². The van der Waals surface area contributed by atoms with Gasteiger partial charge in [-0.15, -0.1) is 24.0 Å². The Hall–Kier alpha value is -1.64. The summed E-state index contributed by atoms with van der Waals surface area (Å²) in [6, 6.07) is 7.64. The molecule has 0 spiro atoms. The second kappa shape index (κ2) is 10.4. The number of guanidine groups is 1. The van der Waals surface area contributed by atoms with Crippen LogP contribution in [0.25, 0.3) is 0 Å². The first-order chi connectivity index (χ1) is 11.5. The van der Waals surface area contributed by atoms with E-state index in [0.29, 0.717) is 18.5 Å². The molecule has 2 rings (SSSR count). The van der Waals surface area contributed by atoms with Crippen LogP contribution in [0.1, 0.15) is 18.2 Å². The molecule has 0 unspecified atom stereocenters. The smallest absolute Gasteiger partial charge is 0.194 e. The van der Waals surface area contributed by atoms with Gasteiger partial charge in [0.1, 0.15) is 11.6 Å². The predicted octanol–water partition coefficient (Wildman–Crippen LogP) is 3.56. The number of nitrogens with one attached hydrogen (secondary N) is 1. The number of aryl methyl sites for hydroxylation is 1. The van der Waals surface area contributed by atoms with E-state index in [1.165, 1.54) is 17.8 Å². The standard InChI is InChI=1S/C18H24F2N4.HI/c1-4-21-18(24(3)13-17-6-5-9-23(17)2)22-8-7-14-10-15(19)12-16(20)11-14;/h5-6,9-12H,4,7-8,13H2,1-3H3,(H,21,22);1H. The maximum Gasteiger partial charge on any atom is 0.194 e. The molecule has 1 heterocycles. The van der Waals surface area contributed by atoms with Crippen LogP contribution in [0, 0.1) is 11.6 Å². The molecule has 0 amide bonds. The van der Waals surface area contributed by atoms with Crippen LogP contribution >= 0.6 is 24.0 Å². The lowest BCUT2D eigenvalue weighted by Crippen LogP contribution is -2.39. The largest absolute Gasteiger partial charge is 0.357 e. The Morgan fingerprint density at radius 3 is 2.48 bits per heavy atom. The van der Waals surface area contributed by atoms with E-state index in [9.17, 15) is 8.78 Å². The molecule has 0 saturated carbocycles. The molecule has 0 aliphatic carbocycles. The second-order valence-corrected chi connectivity index (χ2v) is 5.73. The molecule has 1 N–H and O–H groups in total. The van der Waals surface area contributed by atoms with Gasteiger partial charge in [0.2, 0.25) is 0 Å². The summed E-state index contributed by atoms with van der Waals surface area (Å²) < 4.78 is 28.5. The Bertz CT molecular complexity index is 680. The first-order valence-corrected chi connectivity index (χ1v) is 8.04. The molecule has 7 heteroatoms. The first kappa shape index (κ1) is 21.4. The molecule has 0 bridgehead atoms. The van der Waals surface area contributed by atoms with E-state index < -0.39 is 11.6 Å². The van der Waals surface area contributed by atoms with Gasteiger partial charge >= 0.3 is 0 Å². The highest BCUT2D eigenvalue weighted by molar-refractivity contribution is 14.0. The Morgan fingerprint density at radius 2 is 1.92 bits per heavy atom. The molecule has 138 valence electrons. The van der Waals surface area contributed by atoms with Crippen molar-refractivity contribution in [3.63, 3.8) is 0 Å². The van der Waals surface area contributed by atoms with Crippen molar-refractivity contribution >= 4 is 29.9 Å². The molecule has 0 radical (unpaired) electrons. The summed E-state index contributed by atoms with van der Waals surface area (Å²) in [5.41, 5.74) is 1.78. The van der Waals surface area contributed by atoms with E-state index in [-0.39, 0.29) is 24.0 Å². The summed E-state index contributed by atoms with van der Waals surface area (Å²) in [4.78, 5) is 6.59. The van der Waals surface area contributed by atoms with E-state index in [1.54, 1.807) is 0 Å². The van der Waals surface area contributed by atoms with Crippen molar-refractivity contribution in [2.24, 2.45) is 12.0 Å². The minimum Gasteiger partial charge on any atom is -0.357 e. The summed E-state index contributed by atoms with van der Waals surface area (Å²) in [6.45, 7) is 3.95. The van der Waals surface area contributed by atoms with Gasteiger partial charge in [0.15, 0.2) is 5.96 Å². The van der Waals surface area contributed by atoms with Crippen molar-refractivity contribution in [3.05, 3.63) is 59.4 Å². The van der Waals surface area contributed by atoms with Gasteiger partial charge in [0, 0.05) is 45.1 Å². The van der Waals surface area contributed by atoms with E-state index in [2.05, 4.69) is 20.9 Å². The summed E-state index contributed by atoms with van der Waals surface area (Å²) in [6.07, 6.45) is 2.49. The molecule has 25 heavy (non-hydrogen) atoms. The minimum absolute atomic E-state index is 0. The molecule has 0 atom stereocenters. The van der Waals surface area contributed by atoms with Crippen LogP contribution in [-0.2, 0) is 20.0 Å². The molecule has 2 aromatic rings. The van der Waals surface area contributed by atoms with Crippen molar-refractivity contribution in [1.82, 2.24) is 14.8 Å². The zero-order valence-corrected chi connectivity index (χ0v) is 17.1. The van der Waals surface area contributed by atoms with Gasteiger partial charge < -0.3 is 14.8 Å². The molecular weight excluding hydrogens is 437 g/mol. The molecular formula is C18H25F2IN4. The van der Waals surface area contributed by atoms with Crippen LogP contribution in [0.5, 0.6) is 0 Å². The van der Waals surface area contributed by atoms with Gasteiger partial charge in [-0.1, -0.05) is 0 Å². The van der Waals surface area contributed by atoms with Gasteiger partial charge in [0.25, 0.3) is 0 Å². The minimum atomic E-state index is -0.554. The van der Waals surface area contributed by atoms with E-state index in [4.69, 9.17) is 0 Å². The molecule has 0 fully saturated rings. The number of benzene rings is 1. The monoisotopic (exact) mass is 462 g/mol. The third-order valence-corrected chi connectivity index (χ3v) is 3.73. The number of hydrogen-bond donors (Lipinski definition) is 1. The molecule has 0 saturated heterocycles. The van der Waals surface area contributed by atoms with Crippen molar-refractivity contribution in [2.75, 3.05) is 20.1 Å². The average Bonchev–Trinajstić information content (AvgIpc) is 2.90. The van der Waals surface area contributed by atoms with Crippen molar-refractivity contribution in [3.8, 4) is 0 Å². The zero-order chi connectivity index (χ0) is 17.5. The van der Waals surface area contributed by atoms with Crippen LogP contribution in [-0.4, -0.2) is 35.6 Å². The fourth-order valence-corrected chi connectivity index (χ4v) is 2.49. The van der Waals surface area contributed by atoms with Crippen LogP contribution in [0.2, 0.25) is 0 Å². The first-order valence-electron chi connectivity index (χ1n) is 8.04.